The van der Waals surface area contributed by atoms with Gasteiger partial charge in [0.15, 0.2) is 5.13 Å². The van der Waals surface area contributed by atoms with Gasteiger partial charge in [0.1, 0.15) is 11.8 Å². The Balaban J connectivity index is 1.65. The molecule has 2 aromatic heterocycles. The molecule has 0 radical (unpaired) electrons. The summed E-state index contributed by atoms with van der Waals surface area (Å²) in [6.45, 7) is 3.17. The van der Waals surface area contributed by atoms with Gasteiger partial charge in [-0.2, -0.15) is 0 Å². The summed E-state index contributed by atoms with van der Waals surface area (Å²) in [5.41, 5.74) is 2.93. The molecule has 1 unspecified atom stereocenters. The first kappa shape index (κ1) is 18.9. The third-order valence-corrected chi connectivity index (χ3v) is 5.54. The molecule has 0 saturated heterocycles. The maximum absolute atomic E-state index is 12.7. The number of amides is 1. The van der Waals surface area contributed by atoms with E-state index in [0.717, 1.165) is 21.3 Å². The molecule has 7 heteroatoms. The second kappa shape index (κ2) is 7.89. The zero-order valence-electron chi connectivity index (χ0n) is 15.9. The van der Waals surface area contributed by atoms with Crippen molar-refractivity contribution in [2.45, 2.75) is 20.0 Å². The topological polar surface area (TPSA) is 84.1 Å². The minimum absolute atomic E-state index is 0.277. The van der Waals surface area contributed by atoms with Crippen molar-refractivity contribution in [1.29, 1.82) is 0 Å². The van der Waals surface area contributed by atoms with E-state index in [-0.39, 0.29) is 11.9 Å². The van der Waals surface area contributed by atoms with E-state index in [4.69, 9.17) is 4.74 Å². The predicted octanol–water partition coefficient (Wildman–Crippen LogP) is 5.17. The van der Waals surface area contributed by atoms with Gasteiger partial charge in [0, 0.05) is 23.4 Å². The Labute approximate surface area is 171 Å². The first-order valence-corrected chi connectivity index (χ1v) is 9.95. The maximum Gasteiger partial charge on any atom is 0.303 e. The number of hydrogen-bond donors (Lipinski definition) is 2. The van der Waals surface area contributed by atoms with Crippen LogP contribution in [0.2, 0.25) is 0 Å². The predicted molar refractivity (Wildman–Crippen MR) is 114 cm³/mol. The number of ether oxygens (including phenoxy) is 1. The molecule has 146 valence electrons. The van der Waals surface area contributed by atoms with E-state index in [1.165, 1.54) is 18.3 Å². The number of benzene rings is 2. The molecule has 2 aromatic carbocycles. The molecule has 0 spiro atoms. The van der Waals surface area contributed by atoms with Crippen molar-refractivity contribution in [3.05, 3.63) is 71.2 Å². The number of H-pyrrole nitrogens is 1. The maximum atomic E-state index is 12.7. The second-order valence-corrected chi connectivity index (χ2v) is 7.60. The Morgan fingerprint density at radius 3 is 2.55 bits per heavy atom. The van der Waals surface area contributed by atoms with Crippen molar-refractivity contribution in [2.24, 2.45) is 0 Å². The van der Waals surface area contributed by atoms with Crippen molar-refractivity contribution < 1.29 is 14.3 Å². The summed E-state index contributed by atoms with van der Waals surface area (Å²) in [5, 5.41) is 4.26. The highest BCUT2D eigenvalue weighted by Gasteiger charge is 2.22. The number of hydrogen-bond acceptors (Lipinski definition) is 5. The lowest BCUT2D eigenvalue weighted by molar-refractivity contribution is -0.145. The number of nitrogens with one attached hydrogen (secondary N) is 2. The van der Waals surface area contributed by atoms with Crippen LogP contribution in [-0.4, -0.2) is 21.8 Å². The van der Waals surface area contributed by atoms with Gasteiger partial charge in [-0.15, -0.1) is 0 Å². The number of anilines is 1. The highest BCUT2D eigenvalue weighted by Crippen LogP contribution is 2.37. The number of carbonyl (C=O) groups excluding carboxylic acids is 2. The van der Waals surface area contributed by atoms with Gasteiger partial charge < -0.3 is 9.72 Å². The van der Waals surface area contributed by atoms with E-state index in [1.807, 2.05) is 54.6 Å². The lowest BCUT2D eigenvalue weighted by Gasteiger charge is -2.11. The van der Waals surface area contributed by atoms with Crippen molar-refractivity contribution >= 4 is 39.2 Å². The number of para-hydroxylation sites is 1. The zero-order chi connectivity index (χ0) is 20.4. The van der Waals surface area contributed by atoms with Crippen molar-refractivity contribution in [1.82, 2.24) is 9.97 Å². The van der Waals surface area contributed by atoms with Crippen LogP contribution in [0.1, 0.15) is 35.3 Å². The van der Waals surface area contributed by atoms with Crippen molar-refractivity contribution in [2.75, 3.05) is 5.32 Å². The van der Waals surface area contributed by atoms with Crippen LogP contribution < -0.4 is 5.32 Å². The largest absolute Gasteiger partial charge is 0.457 e. The Morgan fingerprint density at radius 1 is 1.10 bits per heavy atom. The van der Waals surface area contributed by atoms with Crippen LogP contribution in [0.4, 0.5) is 5.13 Å². The number of aromatic nitrogens is 2. The lowest BCUT2D eigenvalue weighted by atomic mass is 10.1. The van der Waals surface area contributed by atoms with Gasteiger partial charge in [0.2, 0.25) is 0 Å². The van der Waals surface area contributed by atoms with E-state index in [9.17, 15) is 9.59 Å². The molecule has 1 atom stereocenters. The molecule has 0 aliphatic rings. The molecule has 0 saturated carbocycles. The average molecular weight is 405 g/mol. The van der Waals surface area contributed by atoms with Gasteiger partial charge in [-0.05, 0) is 19.1 Å². The van der Waals surface area contributed by atoms with Gasteiger partial charge in [-0.1, -0.05) is 59.9 Å². The third-order valence-electron chi connectivity index (χ3n) is 4.41. The number of carbonyl (C=O) groups is 2. The fraction of sp³-hybridized carbons (Fsp3) is 0.136. The van der Waals surface area contributed by atoms with E-state index in [0.29, 0.717) is 16.5 Å². The van der Waals surface area contributed by atoms with Crippen molar-refractivity contribution in [3.8, 4) is 11.3 Å². The molecule has 6 nitrogen and oxygen atoms in total. The number of thiazole rings is 1. The molecule has 4 rings (SSSR count). The summed E-state index contributed by atoms with van der Waals surface area (Å²) < 4.78 is 5.35. The zero-order valence-corrected chi connectivity index (χ0v) is 16.7. The Bertz CT molecular complexity index is 1150. The summed E-state index contributed by atoms with van der Waals surface area (Å²) in [4.78, 5) is 32.6. The number of nitrogens with zero attached hydrogens (tertiary/aromatic N) is 1. The van der Waals surface area contributed by atoms with Gasteiger partial charge >= 0.3 is 5.97 Å². The highest BCUT2D eigenvalue weighted by atomic mass is 32.1. The fourth-order valence-corrected chi connectivity index (χ4v) is 4.09. The lowest BCUT2D eigenvalue weighted by Crippen LogP contribution is -2.11. The third kappa shape index (κ3) is 4.05. The van der Waals surface area contributed by atoms with E-state index in [2.05, 4.69) is 15.3 Å². The Morgan fingerprint density at radius 2 is 1.83 bits per heavy atom. The van der Waals surface area contributed by atoms with Gasteiger partial charge in [0.05, 0.1) is 10.6 Å². The summed E-state index contributed by atoms with van der Waals surface area (Å²) in [5.74, 6) is -0.644. The molecule has 0 aliphatic carbocycles. The standard InChI is InChI=1S/C22H19N3O3S/c1-13(28-14(2)26)20-19(15-8-4-3-5-9-15)24-22(29-20)25-21(27)18-12-16-10-6-7-11-17(16)23-18/h3-13,23H,1-2H3,(H,24,25,27). The summed E-state index contributed by atoms with van der Waals surface area (Å²) >= 11 is 1.30. The SMILES string of the molecule is CC(=O)OC(C)c1sc(NC(=O)c2cc3ccccc3[nH]2)nc1-c1ccccc1. The van der Waals surface area contributed by atoms with E-state index >= 15 is 0 Å². The first-order valence-electron chi connectivity index (χ1n) is 9.13. The minimum atomic E-state index is -0.473. The average Bonchev–Trinajstić information content (AvgIpc) is 3.32. The normalized spacial score (nSPS) is 11.9. The molecule has 29 heavy (non-hydrogen) atoms. The van der Waals surface area contributed by atoms with Crippen LogP contribution in [0.25, 0.3) is 22.2 Å². The van der Waals surface area contributed by atoms with Crippen LogP contribution >= 0.6 is 11.3 Å². The van der Waals surface area contributed by atoms with Gasteiger partial charge in [0.25, 0.3) is 5.91 Å². The molecule has 2 N–H and O–H groups in total. The molecule has 0 fully saturated rings. The number of rotatable bonds is 5. The monoisotopic (exact) mass is 405 g/mol. The van der Waals surface area contributed by atoms with Crippen molar-refractivity contribution in [3.63, 3.8) is 0 Å². The summed E-state index contributed by atoms with van der Waals surface area (Å²) in [7, 11) is 0. The molecule has 0 bridgehead atoms. The van der Waals surface area contributed by atoms with Gasteiger partial charge in [-0.3, -0.25) is 14.9 Å². The number of aromatic amines is 1. The molecular formula is C22H19N3O3S. The van der Waals surface area contributed by atoms with Crippen LogP contribution in [0.3, 0.4) is 0 Å². The number of esters is 1. The van der Waals surface area contributed by atoms with E-state index < -0.39 is 6.10 Å². The molecular weight excluding hydrogens is 386 g/mol. The molecule has 4 aromatic rings. The minimum Gasteiger partial charge on any atom is -0.457 e. The molecule has 0 aliphatic heterocycles. The second-order valence-electron chi connectivity index (χ2n) is 6.57. The first-order chi connectivity index (χ1) is 14.0. The van der Waals surface area contributed by atoms with E-state index in [1.54, 1.807) is 13.0 Å². The Kier molecular flexibility index (Phi) is 5.14. The fourth-order valence-electron chi connectivity index (χ4n) is 3.13. The van der Waals surface area contributed by atoms with Crippen LogP contribution in [0.5, 0.6) is 0 Å². The summed E-state index contributed by atoms with van der Waals surface area (Å²) in [6.07, 6.45) is -0.473. The highest BCUT2D eigenvalue weighted by molar-refractivity contribution is 7.16. The van der Waals surface area contributed by atoms with Crippen LogP contribution in [0.15, 0.2) is 60.7 Å². The van der Waals surface area contributed by atoms with Crippen LogP contribution in [-0.2, 0) is 9.53 Å². The Hall–Kier alpha value is -3.45. The van der Waals surface area contributed by atoms with Gasteiger partial charge in [-0.25, -0.2) is 4.98 Å². The summed E-state index contributed by atoms with van der Waals surface area (Å²) in [6, 6.07) is 19.1. The quantitative estimate of drug-likeness (QED) is 0.449. The molecule has 1 amide bonds. The van der Waals surface area contributed by atoms with Crippen LogP contribution in [0, 0.1) is 0 Å². The smallest absolute Gasteiger partial charge is 0.303 e. The molecule has 2 heterocycles. The number of fused-ring (bicyclic) bond motifs is 1.